The number of ether oxygens (including phenoxy) is 2. The van der Waals surface area contributed by atoms with Gasteiger partial charge in [-0.15, -0.1) is 0 Å². The van der Waals surface area contributed by atoms with E-state index in [2.05, 4.69) is 192 Å². The highest BCUT2D eigenvalue weighted by Gasteiger charge is 2.75. The second-order valence-electron chi connectivity index (χ2n) is 16.7. The van der Waals surface area contributed by atoms with Gasteiger partial charge in [0.2, 0.25) is 0 Å². The highest BCUT2D eigenvalue weighted by atomic mass is 16.5. The third kappa shape index (κ3) is 3.84. The number of allylic oxidation sites excluding steroid dienone is 2. The van der Waals surface area contributed by atoms with E-state index in [-0.39, 0.29) is 11.7 Å². The van der Waals surface area contributed by atoms with Crippen LogP contribution in [0.2, 0.25) is 0 Å². The smallest absolute Gasteiger partial charge is 0.142 e. The van der Waals surface area contributed by atoms with Gasteiger partial charge in [-0.25, -0.2) is 0 Å². The minimum absolute atomic E-state index is 0.137. The molecule has 3 unspecified atom stereocenters. The van der Waals surface area contributed by atoms with E-state index < -0.39 is 5.41 Å². The monoisotopic (exact) mass is 744 g/mol. The van der Waals surface area contributed by atoms with Crippen molar-refractivity contribution in [3.8, 4) is 39.5 Å². The van der Waals surface area contributed by atoms with E-state index in [9.17, 15) is 0 Å². The van der Waals surface area contributed by atoms with Gasteiger partial charge in [0.1, 0.15) is 29.2 Å². The van der Waals surface area contributed by atoms with Crippen LogP contribution in [-0.4, -0.2) is 16.2 Å². The zero-order chi connectivity index (χ0) is 37.7. The predicted molar refractivity (Wildman–Crippen MR) is 227 cm³/mol. The van der Waals surface area contributed by atoms with Crippen LogP contribution < -0.4 is 9.47 Å². The average Bonchev–Trinajstić information content (AvgIpc) is 4.12. The fraction of sp³-hybridized carbons (Fsp3) is 0.111. The van der Waals surface area contributed by atoms with Crippen molar-refractivity contribution in [2.45, 2.75) is 35.9 Å². The average molecular weight is 745 g/mol. The van der Waals surface area contributed by atoms with Crippen LogP contribution in [0.15, 0.2) is 199 Å². The zero-order valence-corrected chi connectivity index (χ0v) is 31.6. The number of nitrogens with zero attached hydrogens (tertiary/aromatic N) is 2. The normalized spacial score (nSPS) is 23.8. The Morgan fingerprint density at radius 2 is 1.19 bits per heavy atom. The summed E-state index contributed by atoms with van der Waals surface area (Å²) in [5.74, 6) is 4.22. The summed E-state index contributed by atoms with van der Waals surface area (Å²) >= 11 is 0. The highest BCUT2D eigenvalue weighted by molar-refractivity contribution is 5.89. The Kier molecular flexibility index (Phi) is 5.89. The van der Waals surface area contributed by atoms with Crippen molar-refractivity contribution in [2.24, 2.45) is 0 Å². The highest BCUT2D eigenvalue weighted by Crippen LogP contribution is 2.73. The van der Waals surface area contributed by atoms with Crippen molar-refractivity contribution in [2.75, 3.05) is 0 Å². The molecule has 0 aromatic heterocycles. The number of para-hydroxylation sites is 2. The van der Waals surface area contributed by atoms with Gasteiger partial charge in [0.15, 0.2) is 0 Å². The molecule has 4 heteroatoms. The van der Waals surface area contributed by atoms with Crippen molar-refractivity contribution < 1.29 is 9.47 Å². The van der Waals surface area contributed by atoms with Gasteiger partial charge in [-0.3, -0.25) is 5.01 Å². The molecule has 4 atom stereocenters. The molecule has 2 fully saturated rings. The molecule has 7 aromatic rings. The minimum Gasteiger partial charge on any atom is -0.461 e. The number of hydrazine groups is 1. The molecule has 0 radical (unpaired) electrons. The first-order valence-electron chi connectivity index (χ1n) is 20.5. The Bertz CT molecular complexity index is 3000. The summed E-state index contributed by atoms with van der Waals surface area (Å²) in [6, 6.07) is 62.1. The lowest BCUT2D eigenvalue weighted by Crippen LogP contribution is -2.32. The maximum Gasteiger partial charge on any atom is 0.142 e. The molecule has 14 rings (SSSR count). The molecule has 0 amide bonds. The number of rotatable bonds is 4. The molecule has 1 spiro atoms. The lowest BCUT2D eigenvalue weighted by atomic mass is 9.66. The maximum atomic E-state index is 6.83. The molecule has 0 N–H and O–H groups in total. The van der Waals surface area contributed by atoms with Gasteiger partial charge in [-0.05, 0) is 86.3 Å². The quantitative estimate of drug-likeness (QED) is 0.168. The Morgan fingerprint density at radius 3 is 1.98 bits per heavy atom. The van der Waals surface area contributed by atoms with Crippen LogP contribution in [0.1, 0.15) is 57.7 Å². The number of hydrogen-bond donors (Lipinski definition) is 0. The van der Waals surface area contributed by atoms with Gasteiger partial charge >= 0.3 is 0 Å². The van der Waals surface area contributed by atoms with Crippen LogP contribution in [0, 0.1) is 0 Å². The van der Waals surface area contributed by atoms with E-state index >= 15 is 0 Å². The number of benzene rings is 7. The van der Waals surface area contributed by atoms with Gasteiger partial charge in [-0.2, -0.15) is 5.01 Å². The molecule has 4 aliphatic heterocycles. The fourth-order valence-electron chi connectivity index (χ4n) is 11.5. The first-order valence-corrected chi connectivity index (χ1v) is 20.5. The minimum atomic E-state index is -0.452. The second-order valence-corrected chi connectivity index (χ2v) is 16.7. The molecule has 1 saturated heterocycles. The third-order valence-corrected chi connectivity index (χ3v) is 14.0. The maximum absolute atomic E-state index is 6.83. The predicted octanol–water partition coefficient (Wildman–Crippen LogP) is 12.1. The molecular formula is C54H36N2O2. The lowest BCUT2D eigenvalue weighted by Gasteiger charge is -2.39. The first-order chi connectivity index (χ1) is 28.7. The summed E-state index contributed by atoms with van der Waals surface area (Å²) in [5, 5.41) is 5.17. The summed E-state index contributed by atoms with van der Waals surface area (Å²) in [4.78, 5) is 0. The van der Waals surface area contributed by atoms with Crippen molar-refractivity contribution in [1.29, 1.82) is 0 Å². The summed E-state index contributed by atoms with van der Waals surface area (Å²) in [5.41, 5.74) is 17.5. The standard InChI is InChI=1S/C54H36N2O2/c1-2-12-34(13-3-1)51-46-32-53(46,56-52(55(51)56)36-24-28-41-40-16-6-10-20-47(40)57-49(41)31-36)37-26-22-33(23-27-37)35-25-29-45-50(30-35)58-48-21-11-9-19-44(48)54(45)42-17-7-4-14-38(42)39-15-5-8-18-43(39)54/h1-27,29-31,41,52H,28,32H2/t41?,52?,53-,55?,56?/m1/s1. The van der Waals surface area contributed by atoms with Crippen LogP contribution in [-0.2, 0) is 11.0 Å². The molecule has 4 nitrogen and oxygen atoms in total. The lowest BCUT2D eigenvalue weighted by molar-refractivity contribution is 0.301. The summed E-state index contributed by atoms with van der Waals surface area (Å²) in [7, 11) is 0. The molecule has 4 heterocycles. The van der Waals surface area contributed by atoms with E-state index in [1.165, 1.54) is 72.5 Å². The Balaban J connectivity index is 0.838. The van der Waals surface area contributed by atoms with Crippen molar-refractivity contribution in [3.63, 3.8) is 0 Å². The molecule has 58 heavy (non-hydrogen) atoms. The Labute approximate surface area is 337 Å². The topological polar surface area (TPSA) is 24.5 Å². The molecule has 7 aromatic carbocycles. The summed E-state index contributed by atoms with van der Waals surface area (Å²) in [6.45, 7) is 0. The summed E-state index contributed by atoms with van der Waals surface area (Å²) < 4.78 is 13.3. The largest absolute Gasteiger partial charge is 0.461 e. The van der Waals surface area contributed by atoms with Gasteiger partial charge < -0.3 is 9.47 Å². The Morgan fingerprint density at radius 1 is 0.534 bits per heavy atom. The number of fused-ring (bicyclic) bond motifs is 15. The van der Waals surface area contributed by atoms with Crippen LogP contribution in [0.5, 0.6) is 17.2 Å². The third-order valence-electron chi connectivity index (χ3n) is 14.0. The van der Waals surface area contributed by atoms with E-state index in [0.29, 0.717) is 5.92 Å². The van der Waals surface area contributed by atoms with E-state index in [1.807, 2.05) is 0 Å². The van der Waals surface area contributed by atoms with Gasteiger partial charge in [0.25, 0.3) is 0 Å². The zero-order valence-electron chi connectivity index (χ0n) is 31.6. The van der Waals surface area contributed by atoms with E-state index in [1.54, 1.807) is 0 Å². The fourth-order valence-corrected chi connectivity index (χ4v) is 11.5. The van der Waals surface area contributed by atoms with Crippen LogP contribution in [0.4, 0.5) is 0 Å². The van der Waals surface area contributed by atoms with Crippen molar-refractivity contribution in [1.82, 2.24) is 10.0 Å². The van der Waals surface area contributed by atoms with Crippen molar-refractivity contribution in [3.05, 3.63) is 238 Å². The van der Waals surface area contributed by atoms with Crippen molar-refractivity contribution >= 4 is 5.70 Å². The Hall–Kier alpha value is -6.88. The van der Waals surface area contributed by atoms with Gasteiger partial charge in [-0.1, -0.05) is 158 Å². The molecule has 7 aliphatic rings. The molecule has 3 aliphatic carbocycles. The SMILES string of the molecule is C1=C2Oc3ccccc3C2CC=C1C1N2C(c3ccccc3)=C3C[C@]3(c3ccc(-c4ccc5c(c4)Oc4ccccc4C54c5ccccc5-c5ccccc54)cc3)N12. The van der Waals surface area contributed by atoms with Gasteiger partial charge in [0.05, 0.1) is 16.7 Å². The second kappa shape index (κ2) is 10.9. The number of hydrogen-bond acceptors (Lipinski definition) is 4. The van der Waals surface area contributed by atoms with E-state index in [0.717, 1.165) is 41.4 Å². The van der Waals surface area contributed by atoms with Crippen LogP contribution in [0.3, 0.4) is 0 Å². The summed E-state index contributed by atoms with van der Waals surface area (Å²) in [6.07, 6.45) is 6.96. The van der Waals surface area contributed by atoms with E-state index in [4.69, 9.17) is 9.47 Å². The van der Waals surface area contributed by atoms with Crippen LogP contribution in [0.25, 0.3) is 28.0 Å². The molecule has 274 valence electrons. The molecular weight excluding hydrogens is 709 g/mol. The first kappa shape index (κ1) is 31.2. The van der Waals surface area contributed by atoms with Gasteiger partial charge in [0, 0.05) is 29.0 Å². The van der Waals surface area contributed by atoms with Crippen LogP contribution >= 0.6 is 0 Å². The molecule has 0 bridgehead atoms. The molecule has 1 saturated carbocycles.